The summed E-state index contributed by atoms with van der Waals surface area (Å²) in [6.07, 6.45) is -0.164. The predicted octanol–water partition coefficient (Wildman–Crippen LogP) is 2.91. The molecule has 0 aromatic heterocycles. The monoisotopic (exact) mass is 245 g/mol. The topological polar surface area (TPSA) is 46.2 Å². The fourth-order valence-electron chi connectivity index (χ4n) is 1.02. The van der Waals surface area contributed by atoms with Crippen molar-refractivity contribution in [3.63, 3.8) is 0 Å². The first-order valence-electron chi connectivity index (χ1n) is 4.24. The van der Waals surface area contributed by atoms with E-state index in [1.807, 2.05) is 0 Å². The van der Waals surface area contributed by atoms with Gasteiger partial charge in [0.25, 0.3) is 0 Å². The van der Waals surface area contributed by atoms with E-state index in [2.05, 4.69) is 5.32 Å². The molecule has 0 heterocycles. The number of rotatable bonds is 3. The SMILES string of the molecule is CC(=O)CC(=O)Nc1cccc(Cl)c1Cl. The van der Waals surface area contributed by atoms with Crippen LogP contribution in [0.3, 0.4) is 0 Å². The quantitative estimate of drug-likeness (QED) is 0.833. The first-order valence-corrected chi connectivity index (χ1v) is 4.99. The van der Waals surface area contributed by atoms with Crippen LogP contribution < -0.4 is 5.32 Å². The number of anilines is 1. The number of hydrogen-bond acceptors (Lipinski definition) is 2. The van der Waals surface area contributed by atoms with Gasteiger partial charge in [0.2, 0.25) is 5.91 Å². The molecule has 0 saturated carbocycles. The van der Waals surface area contributed by atoms with E-state index < -0.39 is 5.91 Å². The Morgan fingerprint density at radius 3 is 2.60 bits per heavy atom. The Bertz CT molecular complexity index is 404. The standard InChI is InChI=1S/C10H9Cl2NO2/c1-6(14)5-9(15)13-8-4-2-3-7(11)10(8)12/h2-4H,5H2,1H3,(H,13,15). The highest BCUT2D eigenvalue weighted by Crippen LogP contribution is 2.29. The first kappa shape index (κ1) is 12.0. The van der Waals surface area contributed by atoms with Crippen LogP contribution >= 0.6 is 23.2 Å². The van der Waals surface area contributed by atoms with Gasteiger partial charge in [0.05, 0.1) is 22.2 Å². The third-order valence-electron chi connectivity index (χ3n) is 1.64. The molecule has 1 amide bonds. The van der Waals surface area contributed by atoms with Crippen molar-refractivity contribution in [3.05, 3.63) is 28.2 Å². The molecule has 1 rings (SSSR count). The lowest BCUT2D eigenvalue weighted by Gasteiger charge is -2.06. The fraction of sp³-hybridized carbons (Fsp3) is 0.200. The lowest BCUT2D eigenvalue weighted by atomic mass is 10.2. The van der Waals surface area contributed by atoms with Gasteiger partial charge in [0.15, 0.2) is 0 Å². The predicted molar refractivity (Wildman–Crippen MR) is 60.4 cm³/mol. The molecule has 0 aliphatic heterocycles. The molecule has 80 valence electrons. The van der Waals surface area contributed by atoms with Crippen LogP contribution in [-0.4, -0.2) is 11.7 Å². The average molecular weight is 246 g/mol. The maximum absolute atomic E-state index is 11.3. The highest BCUT2D eigenvalue weighted by atomic mass is 35.5. The molecular formula is C10H9Cl2NO2. The molecule has 0 aliphatic carbocycles. The van der Waals surface area contributed by atoms with Crippen LogP contribution in [0.15, 0.2) is 18.2 Å². The van der Waals surface area contributed by atoms with E-state index in [1.54, 1.807) is 18.2 Å². The number of benzene rings is 1. The molecular weight excluding hydrogens is 237 g/mol. The smallest absolute Gasteiger partial charge is 0.231 e. The summed E-state index contributed by atoms with van der Waals surface area (Å²) < 4.78 is 0. The van der Waals surface area contributed by atoms with Gasteiger partial charge in [-0.15, -0.1) is 0 Å². The van der Waals surface area contributed by atoms with Crippen molar-refractivity contribution in [3.8, 4) is 0 Å². The Balaban J connectivity index is 2.77. The van der Waals surface area contributed by atoms with Gasteiger partial charge in [-0.2, -0.15) is 0 Å². The van der Waals surface area contributed by atoms with Gasteiger partial charge >= 0.3 is 0 Å². The summed E-state index contributed by atoms with van der Waals surface area (Å²) in [6.45, 7) is 1.35. The van der Waals surface area contributed by atoms with Crippen LogP contribution in [0.2, 0.25) is 10.0 Å². The van der Waals surface area contributed by atoms with Crippen molar-refractivity contribution in [2.24, 2.45) is 0 Å². The molecule has 1 aromatic rings. The molecule has 3 nitrogen and oxygen atoms in total. The Morgan fingerprint density at radius 1 is 1.33 bits per heavy atom. The van der Waals surface area contributed by atoms with Crippen molar-refractivity contribution in [1.82, 2.24) is 0 Å². The molecule has 0 spiro atoms. The summed E-state index contributed by atoms with van der Waals surface area (Å²) in [5.74, 6) is -0.600. The summed E-state index contributed by atoms with van der Waals surface area (Å²) in [6, 6.07) is 4.90. The van der Waals surface area contributed by atoms with Crippen LogP contribution in [0.5, 0.6) is 0 Å². The lowest BCUT2D eigenvalue weighted by Crippen LogP contribution is -2.14. The Labute approximate surface area is 97.4 Å². The molecule has 0 saturated heterocycles. The van der Waals surface area contributed by atoms with E-state index in [-0.39, 0.29) is 17.2 Å². The largest absolute Gasteiger partial charge is 0.324 e. The Kier molecular flexibility index (Phi) is 4.12. The summed E-state index contributed by atoms with van der Waals surface area (Å²) in [4.78, 5) is 21.9. The molecule has 15 heavy (non-hydrogen) atoms. The number of Topliss-reactive ketones (excluding diaryl/α,β-unsaturated/α-hetero) is 1. The number of carbonyl (C=O) groups excluding carboxylic acids is 2. The van der Waals surface area contributed by atoms with E-state index in [4.69, 9.17) is 23.2 Å². The van der Waals surface area contributed by atoms with Crippen LogP contribution in [0.1, 0.15) is 13.3 Å². The van der Waals surface area contributed by atoms with E-state index in [0.717, 1.165) is 0 Å². The zero-order chi connectivity index (χ0) is 11.4. The second kappa shape index (κ2) is 5.14. The highest BCUT2D eigenvalue weighted by Gasteiger charge is 2.09. The number of hydrogen-bond donors (Lipinski definition) is 1. The number of carbonyl (C=O) groups is 2. The molecule has 0 bridgehead atoms. The normalized spacial score (nSPS) is 9.80. The van der Waals surface area contributed by atoms with Crippen molar-refractivity contribution >= 4 is 40.6 Å². The molecule has 0 aliphatic rings. The second-order valence-corrected chi connectivity index (χ2v) is 3.81. The van der Waals surface area contributed by atoms with Crippen LogP contribution in [0.25, 0.3) is 0 Å². The van der Waals surface area contributed by atoms with Crippen molar-refractivity contribution < 1.29 is 9.59 Å². The first-order chi connectivity index (χ1) is 7.00. The van der Waals surface area contributed by atoms with E-state index >= 15 is 0 Å². The Hall–Kier alpha value is -1.06. The van der Waals surface area contributed by atoms with Gasteiger partial charge in [-0.25, -0.2) is 0 Å². The Morgan fingerprint density at radius 2 is 2.00 bits per heavy atom. The highest BCUT2D eigenvalue weighted by molar-refractivity contribution is 6.44. The van der Waals surface area contributed by atoms with Gasteiger partial charge in [-0.05, 0) is 19.1 Å². The minimum atomic E-state index is -0.397. The van der Waals surface area contributed by atoms with E-state index in [0.29, 0.717) is 10.7 Å². The maximum atomic E-state index is 11.3. The van der Waals surface area contributed by atoms with Crippen molar-refractivity contribution in [1.29, 1.82) is 0 Å². The molecule has 5 heteroatoms. The number of amides is 1. The fourth-order valence-corrected chi connectivity index (χ4v) is 1.37. The maximum Gasteiger partial charge on any atom is 0.231 e. The van der Waals surface area contributed by atoms with E-state index in [1.165, 1.54) is 6.92 Å². The molecule has 0 fully saturated rings. The minimum absolute atomic E-state index is 0.164. The van der Waals surface area contributed by atoms with Crippen LogP contribution in [0, 0.1) is 0 Å². The average Bonchev–Trinajstić information content (AvgIpc) is 2.11. The van der Waals surface area contributed by atoms with E-state index in [9.17, 15) is 9.59 Å². The van der Waals surface area contributed by atoms with Crippen LogP contribution in [-0.2, 0) is 9.59 Å². The summed E-state index contributed by atoms with van der Waals surface area (Å²) >= 11 is 11.6. The number of ketones is 1. The molecule has 0 unspecified atom stereocenters. The zero-order valence-electron chi connectivity index (χ0n) is 8.01. The summed E-state index contributed by atoms with van der Waals surface area (Å²) in [5.41, 5.74) is 0.412. The van der Waals surface area contributed by atoms with Crippen LogP contribution in [0.4, 0.5) is 5.69 Å². The third kappa shape index (κ3) is 3.53. The summed E-state index contributed by atoms with van der Waals surface area (Å²) in [5, 5.41) is 3.14. The lowest BCUT2D eigenvalue weighted by molar-refractivity contribution is -0.124. The van der Waals surface area contributed by atoms with Crippen molar-refractivity contribution in [2.45, 2.75) is 13.3 Å². The minimum Gasteiger partial charge on any atom is -0.324 e. The molecule has 1 aromatic carbocycles. The van der Waals surface area contributed by atoms with Gasteiger partial charge < -0.3 is 5.32 Å². The summed E-state index contributed by atoms with van der Waals surface area (Å²) in [7, 11) is 0. The van der Waals surface area contributed by atoms with Gasteiger partial charge in [0.1, 0.15) is 5.78 Å². The number of halogens is 2. The van der Waals surface area contributed by atoms with Gasteiger partial charge in [-0.3, -0.25) is 9.59 Å². The molecule has 1 N–H and O–H groups in total. The van der Waals surface area contributed by atoms with Gasteiger partial charge in [0, 0.05) is 0 Å². The second-order valence-electron chi connectivity index (χ2n) is 3.03. The van der Waals surface area contributed by atoms with Gasteiger partial charge in [-0.1, -0.05) is 29.3 Å². The number of nitrogens with one attached hydrogen (secondary N) is 1. The third-order valence-corrected chi connectivity index (χ3v) is 2.45. The molecule has 0 radical (unpaired) electrons. The van der Waals surface area contributed by atoms with Crippen molar-refractivity contribution in [2.75, 3.05) is 5.32 Å². The zero-order valence-corrected chi connectivity index (χ0v) is 9.52. The molecule has 0 atom stereocenters.